The van der Waals surface area contributed by atoms with E-state index in [-0.39, 0.29) is 5.91 Å². The van der Waals surface area contributed by atoms with Crippen molar-refractivity contribution in [2.24, 2.45) is 0 Å². The maximum atomic E-state index is 12.7. The smallest absolute Gasteiger partial charge is 0.263 e. The van der Waals surface area contributed by atoms with Crippen molar-refractivity contribution >= 4 is 17.2 Å². The van der Waals surface area contributed by atoms with Gasteiger partial charge in [-0.25, -0.2) is 9.97 Å². The summed E-state index contributed by atoms with van der Waals surface area (Å²) >= 11 is 1.32. The Bertz CT molecular complexity index is 579. The topological polar surface area (TPSA) is 54.9 Å². The van der Waals surface area contributed by atoms with E-state index >= 15 is 0 Å². The lowest BCUT2D eigenvalue weighted by molar-refractivity contribution is 0.0950. The van der Waals surface area contributed by atoms with Crippen LogP contribution in [0.3, 0.4) is 0 Å². The third-order valence-corrected chi connectivity index (χ3v) is 3.67. The van der Waals surface area contributed by atoms with Gasteiger partial charge < -0.3 is 5.32 Å². The van der Waals surface area contributed by atoms with Crippen molar-refractivity contribution in [2.45, 2.75) is 6.42 Å². The van der Waals surface area contributed by atoms with Crippen molar-refractivity contribution in [3.63, 3.8) is 0 Å². The van der Waals surface area contributed by atoms with Crippen molar-refractivity contribution in [2.75, 3.05) is 6.54 Å². The molecule has 0 bridgehead atoms. The number of carbonyl (C=O) groups is 1. The Morgan fingerprint density at radius 1 is 1.41 bits per heavy atom. The zero-order chi connectivity index (χ0) is 11.8. The molecule has 2 aromatic heterocycles. The summed E-state index contributed by atoms with van der Waals surface area (Å²) in [6.45, 7) is 0.622. The zero-order valence-electron chi connectivity index (χ0n) is 8.74. The van der Waals surface area contributed by atoms with E-state index in [0.29, 0.717) is 16.4 Å². The van der Waals surface area contributed by atoms with Gasteiger partial charge in [0.1, 0.15) is 9.88 Å². The third kappa shape index (κ3) is 1.80. The van der Waals surface area contributed by atoms with Crippen molar-refractivity contribution in [1.82, 2.24) is 15.3 Å². The van der Waals surface area contributed by atoms with Gasteiger partial charge in [0.2, 0.25) is 5.95 Å². The molecule has 4 nitrogen and oxygen atoms in total. The zero-order valence-corrected chi connectivity index (χ0v) is 9.55. The van der Waals surface area contributed by atoms with Crippen LogP contribution in [-0.4, -0.2) is 22.4 Å². The molecule has 86 valence electrons. The van der Waals surface area contributed by atoms with Gasteiger partial charge in [-0.2, -0.15) is 4.39 Å². The molecule has 0 fully saturated rings. The SMILES string of the molecule is O=C1NCCc2nc(-c3ccc(F)nc3)sc21. The molecule has 0 saturated heterocycles. The van der Waals surface area contributed by atoms with Crippen molar-refractivity contribution in [3.05, 3.63) is 34.8 Å². The van der Waals surface area contributed by atoms with E-state index < -0.39 is 5.95 Å². The van der Waals surface area contributed by atoms with Gasteiger partial charge in [-0.15, -0.1) is 11.3 Å². The Morgan fingerprint density at radius 2 is 2.29 bits per heavy atom. The summed E-state index contributed by atoms with van der Waals surface area (Å²) in [6, 6.07) is 2.90. The number of rotatable bonds is 1. The highest BCUT2D eigenvalue weighted by atomic mass is 32.1. The fourth-order valence-electron chi connectivity index (χ4n) is 1.70. The molecule has 0 aliphatic carbocycles. The summed E-state index contributed by atoms with van der Waals surface area (Å²) in [5.41, 5.74) is 1.55. The number of thiazole rings is 1. The molecule has 1 amide bonds. The van der Waals surface area contributed by atoms with Gasteiger partial charge in [0, 0.05) is 24.7 Å². The van der Waals surface area contributed by atoms with Gasteiger partial charge >= 0.3 is 0 Å². The predicted octanol–water partition coefficient (Wildman–Crippen LogP) is 1.63. The molecule has 3 heterocycles. The highest BCUT2D eigenvalue weighted by molar-refractivity contribution is 7.17. The van der Waals surface area contributed by atoms with Gasteiger partial charge in [-0.3, -0.25) is 4.79 Å². The second-order valence-electron chi connectivity index (χ2n) is 3.67. The normalized spacial score (nSPS) is 14.3. The highest BCUT2D eigenvalue weighted by Gasteiger charge is 2.22. The number of halogens is 1. The summed E-state index contributed by atoms with van der Waals surface area (Å²) in [7, 11) is 0. The first-order valence-electron chi connectivity index (χ1n) is 5.14. The first-order valence-corrected chi connectivity index (χ1v) is 5.95. The van der Waals surface area contributed by atoms with Gasteiger partial charge in [0.05, 0.1) is 5.69 Å². The van der Waals surface area contributed by atoms with Crippen LogP contribution in [0.2, 0.25) is 0 Å². The summed E-state index contributed by atoms with van der Waals surface area (Å²) < 4.78 is 12.7. The summed E-state index contributed by atoms with van der Waals surface area (Å²) in [6.07, 6.45) is 2.17. The quantitative estimate of drug-likeness (QED) is 0.781. The Kier molecular flexibility index (Phi) is 2.36. The molecule has 6 heteroatoms. The number of nitrogens with zero attached hydrogens (tertiary/aromatic N) is 2. The standard InChI is InChI=1S/C11H8FN3OS/c12-8-2-1-6(5-14-8)11-15-7-3-4-13-10(16)9(7)17-11/h1-2,5H,3-4H2,(H,13,16). The molecule has 3 rings (SSSR count). The molecule has 0 unspecified atom stereocenters. The largest absolute Gasteiger partial charge is 0.351 e. The molecule has 0 radical (unpaired) electrons. The average Bonchev–Trinajstić information content (AvgIpc) is 2.75. The van der Waals surface area contributed by atoms with Gasteiger partial charge in [-0.1, -0.05) is 0 Å². The maximum Gasteiger partial charge on any atom is 0.263 e. The molecule has 0 atom stereocenters. The Balaban J connectivity index is 2.05. The van der Waals surface area contributed by atoms with Crippen LogP contribution >= 0.6 is 11.3 Å². The Hall–Kier alpha value is -1.82. The second-order valence-corrected chi connectivity index (χ2v) is 4.67. The lowest BCUT2D eigenvalue weighted by Gasteiger charge is -2.09. The van der Waals surface area contributed by atoms with Crippen LogP contribution in [0.15, 0.2) is 18.3 Å². The fraction of sp³-hybridized carbons (Fsp3) is 0.182. The summed E-state index contributed by atoms with van der Waals surface area (Å²) in [5, 5.41) is 3.48. The average molecular weight is 249 g/mol. The molecule has 1 aliphatic rings. The molecule has 0 spiro atoms. The number of carbonyl (C=O) groups excluding carboxylic acids is 1. The van der Waals surface area contributed by atoms with E-state index in [2.05, 4.69) is 15.3 Å². The minimum absolute atomic E-state index is 0.0786. The van der Waals surface area contributed by atoms with E-state index in [1.165, 1.54) is 23.6 Å². The van der Waals surface area contributed by atoms with E-state index in [1.807, 2.05) is 0 Å². The van der Waals surface area contributed by atoms with Crippen LogP contribution in [0.4, 0.5) is 4.39 Å². The molecule has 17 heavy (non-hydrogen) atoms. The molecule has 0 aromatic carbocycles. The molecule has 1 N–H and O–H groups in total. The fourth-order valence-corrected chi connectivity index (χ4v) is 2.72. The number of hydrogen-bond acceptors (Lipinski definition) is 4. The minimum Gasteiger partial charge on any atom is -0.351 e. The first-order chi connectivity index (χ1) is 8.24. The van der Waals surface area contributed by atoms with E-state index in [0.717, 1.165) is 17.7 Å². The van der Waals surface area contributed by atoms with Crippen molar-refractivity contribution in [1.29, 1.82) is 0 Å². The van der Waals surface area contributed by atoms with E-state index in [1.54, 1.807) is 6.07 Å². The number of amides is 1. The van der Waals surface area contributed by atoms with Gasteiger partial charge in [0.15, 0.2) is 0 Å². The second kappa shape index (κ2) is 3.89. The van der Waals surface area contributed by atoms with Crippen LogP contribution in [0.5, 0.6) is 0 Å². The molecule has 0 saturated carbocycles. The number of pyridine rings is 1. The van der Waals surface area contributed by atoms with E-state index in [4.69, 9.17) is 0 Å². The molecule has 2 aromatic rings. The third-order valence-electron chi connectivity index (χ3n) is 2.53. The maximum absolute atomic E-state index is 12.7. The Labute approximate surface area is 101 Å². The van der Waals surface area contributed by atoms with Crippen LogP contribution in [0.1, 0.15) is 15.4 Å². The lowest BCUT2D eigenvalue weighted by atomic mass is 10.2. The molecular weight excluding hydrogens is 241 g/mol. The number of hydrogen-bond donors (Lipinski definition) is 1. The van der Waals surface area contributed by atoms with Crippen LogP contribution in [0, 0.1) is 5.95 Å². The molecular formula is C11H8FN3OS. The van der Waals surface area contributed by atoms with Crippen LogP contribution < -0.4 is 5.32 Å². The van der Waals surface area contributed by atoms with Crippen molar-refractivity contribution in [3.8, 4) is 10.6 Å². The predicted molar refractivity (Wildman–Crippen MR) is 61.3 cm³/mol. The lowest BCUT2D eigenvalue weighted by Crippen LogP contribution is -2.30. The number of aromatic nitrogens is 2. The van der Waals surface area contributed by atoms with Crippen LogP contribution in [-0.2, 0) is 6.42 Å². The van der Waals surface area contributed by atoms with Crippen molar-refractivity contribution < 1.29 is 9.18 Å². The highest BCUT2D eigenvalue weighted by Crippen LogP contribution is 2.29. The first kappa shape index (κ1) is 10.3. The van der Waals surface area contributed by atoms with Gasteiger partial charge in [-0.05, 0) is 12.1 Å². The summed E-state index contributed by atoms with van der Waals surface area (Å²) in [4.78, 5) is 20.2. The molecule has 1 aliphatic heterocycles. The number of nitrogens with one attached hydrogen (secondary N) is 1. The Morgan fingerprint density at radius 3 is 3.00 bits per heavy atom. The minimum atomic E-state index is -0.521. The van der Waals surface area contributed by atoms with Gasteiger partial charge in [0.25, 0.3) is 5.91 Å². The summed E-state index contributed by atoms with van der Waals surface area (Å²) in [5.74, 6) is -0.599. The van der Waals surface area contributed by atoms with E-state index in [9.17, 15) is 9.18 Å². The monoisotopic (exact) mass is 249 g/mol. The van der Waals surface area contributed by atoms with Crippen LogP contribution in [0.25, 0.3) is 10.6 Å². The number of fused-ring (bicyclic) bond motifs is 1.